The molecule has 0 radical (unpaired) electrons. The Morgan fingerprint density at radius 1 is 1.62 bits per heavy atom. The zero-order valence-corrected chi connectivity index (χ0v) is 9.61. The molecule has 0 unspecified atom stereocenters. The molecule has 88 valence electrons. The number of hydrogen-bond acceptors (Lipinski definition) is 3. The van der Waals surface area contributed by atoms with Crippen molar-refractivity contribution in [3.05, 3.63) is 24.2 Å². The van der Waals surface area contributed by atoms with Crippen LogP contribution in [0.4, 0.5) is 0 Å². The third kappa shape index (κ3) is 3.10. The van der Waals surface area contributed by atoms with Crippen molar-refractivity contribution in [2.24, 2.45) is 0 Å². The Morgan fingerprint density at radius 2 is 2.44 bits per heavy atom. The van der Waals surface area contributed by atoms with Crippen molar-refractivity contribution in [3.8, 4) is 0 Å². The van der Waals surface area contributed by atoms with Crippen molar-refractivity contribution in [1.82, 2.24) is 10.2 Å². The van der Waals surface area contributed by atoms with Crippen LogP contribution in [-0.2, 0) is 11.2 Å². The number of carbonyl (C=O) groups excluding carboxylic acids is 1. The highest BCUT2D eigenvalue weighted by molar-refractivity contribution is 5.78. The molecule has 1 N–H and O–H groups in total. The molecule has 0 saturated heterocycles. The Bertz CT molecular complexity index is 331. The van der Waals surface area contributed by atoms with E-state index in [1.165, 1.54) is 0 Å². The van der Waals surface area contributed by atoms with E-state index in [0.717, 1.165) is 31.6 Å². The molecule has 1 fully saturated rings. The van der Waals surface area contributed by atoms with Gasteiger partial charge in [-0.1, -0.05) is 0 Å². The summed E-state index contributed by atoms with van der Waals surface area (Å²) in [6.07, 6.45) is 4.82. The minimum atomic E-state index is 0.182. The number of amides is 1. The van der Waals surface area contributed by atoms with Gasteiger partial charge in [-0.2, -0.15) is 0 Å². The van der Waals surface area contributed by atoms with E-state index in [1.54, 1.807) is 6.26 Å². The van der Waals surface area contributed by atoms with Crippen molar-refractivity contribution >= 4 is 5.91 Å². The highest BCUT2D eigenvalue weighted by Crippen LogP contribution is 2.24. The zero-order valence-electron chi connectivity index (χ0n) is 9.61. The number of carbonyl (C=O) groups is 1. The summed E-state index contributed by atoms with van der Waals surface area (Å²) in [5, 5.41) is 3.14. The number of hydrogen-bond donors (Lipinski definition) is 1. The summed E-state index contributed by atoms with van der Waals surface area (Å²) in [6, 6.07) is 4.32. The normalized spacial score (nSPS) is 15.1. The van der Waals surface area contributed by atoms with E-state index in [4.69, 9.17) is 4.42 Å². The fourth-order valence-corrected chi connectivity index (χ4v) is 1.65. The van der Waals surface area contributed by atoms with Gasteiger partial charge in [-0.25, -0.2) is 0 Å². The number of nitrogens with one attached hydrogen (secondary N) is 1. The van der Waals surface area contributed by atoms with Gasteiger partial charge in [-0.3, -0.25) is 4.79 Å². The van der Waals surface area contributed by atoms with Gasteiger partial charge in [-0.15, -0.1) is 0 Å². The first kappa shape index (κ1) is 11.2. The number of likely N-dealkylation sites (N-methyl/N-ethyl adjacent to an activating group) is 1. The van der Waals surface area contributed by atoms with Crippen molar-refractivity contribution < 1.29 is 9.21 Å². The molecule has 0 bridgehead atoms. The summed E-state index contributed by atoms with van der Waals surface area (Å²) in [4.78, 5) is 13.5. The van der Waals surface area contributed by atoms with Crippen LogP contribution in [0.3, 0.4) is 0 Å². The highest BCUT2D eigenvalue weighted by atomic mass is 16.3. The van der Waals surface area contributed by atoms with Crippen LogP contribution in [-0.4, -0.2) is 37.0 Å². The topological polar surface area (TPSA) is 45.5 Å². The van der Waals surface area contributed by atoms with E-state index in [2.05, 4.69) is 5.32 Å². The number of furan rings is 1. The predicted molar refractivity (Wildman–Crippen MR) is 61.1 cm³/mol. The third-order valence-electron chi connectivity index (χ3n) is 2.89. The van der Waals surface area contributed by atoms with Gasteiger partial charge in [0.1, 0.15) is 5.76 Å². The number of rotatable bonds is 6. The molecule has 1 aliphatic carbocycles. The molecule has 2 rings (SSSR count). The van der Waals surface area contributed by atoms with Crippen LogP contribution in [0.5, 0.6) is 0 Å². The Balaban J connectivity index is 1.58. The second kappa shape index (κ2) is 5.16. The molecule has 4 nitrogen and oxygen atoms in total. The Labute approximate surface area is 95.6 Å². The molecule has 1 aromatic heterocycles. The fraction of sp³-hybridized carbons (Fsp3) is 0.583. The van der Waals surface area contributed by atoms with Crippen molar-refractivity contribution in [1.29, 1.82) is 0 Å². The molecule has 4 heteroatoms. The van der Waals surface area contributed by atoms with E-state index in [9.17, 15) is 4.79 Å². The average Bonchev–Trinajstić information content (AvgIpc) is 3.01. The molecule has 1 aromatic rings. The van der Waals surface area contributed by atoms with E-state index in [1.807, 2.05) is 24.1 Å². The highest BCUT2D eigenvalue weighted by Gasteiger charge is 2.28. The summed E-state index contributed by atoms with van der Waals surface area (Å²) < 4.78 is 5.20. The molecular weight excluding hydrogens is 204 g/mol. The first-order valence-corrected chi connectivity index (χ1v) is 5.76. The second-order valence-electron chi connectivity index (χ2n) is 4.24. The van der Waals surface area contributed by atoms with Gasteiger partial charge in [-0.05, 0) is 25.0 Å². The smallest absolute Gasteiger partial charge is 0.236 e. The molecule has 0 atom stereocenters. The predicted octanol–water partition coefficient (Wildman–Crippen LogP) is 1.03. The van der Waals surface area contributed by atoms with Gasteiger partial charge in [0.2, 0.25) is 5.91 Å². The molecule has 1 saturated carbocycles. The molecule has 1 heterocycles. The number of nitrogens with zero attached hydrogens (tertiary/aromatic N) is 1. The van der Waals surface area contributed by atoms with E-state index in [-0.39, 0.29) is 5.91 Å². The molecule has 16 heavy (non-hydrogen) atoms. The Kier molecular flexibility index (Phi) is 3.62. The summed E-state index contributed by atoms with van der Waals surface area (Å²) in [5.74, 6) is 1.14. The van der Waals surface area contributed by atoms with Crippen LogP contribution in [0.1, 0.15) is 18.6 Å². The van der Waals surface area contributed by atoms with Crippen LogP contribution in [0.25, 0.3) is 0 Å². The van der Waals surface area contributed by atoms with Crippen LogP contribution >= 0.6 is 0 Å². The van der Waals surface area contributed by atoms with Crippen LogP contribution < -0.4 is 5.32 Å². The first-order valence-electron chi connectivity index (χ1n) is 5.76. The standard InChI is InChI=1S/C12H18N2O2/c1-14(10-4-5-10)12(15)9-13-7-6-11-3-2-8-16-11/h2-3,8,10,13H,4-7,9H2,1H3. The maximum atomic E-state index is 11.6. The summed E-state index contributed by atoms with van der Waals surface area (Å²) >= 11 is 0. The fourth-order valence-electron chi connectivity index (χ4n) is 1.65. The van der Waals surface area contributed by atoms with Gasteiger partial charge in [0.25, 0.3) is 0 Å². The maximum absolute atomic E-state index is 11.6. The van der Waals surface area contributed by atoms with Gasteiger partial charge in [0.15, 0.2) is 0 Å². The minimum Gasteiger partial charge on any atom is -0.469 e. The quantitative estimate of drug-likeness (QED) is 0.731. The van der Waals surface area contributed by atoms with Crippen molar-refractivity contribution in [2.75, 3.05) is 20.1 Å². The van der Waals surface area contributed by atoms with Gasteiger partial charge < -0.3 is 14.6 Å². The van der Waals surface area contributed by atoms with E-state index in [0.29, 0.717) is 12.6 Å². The minimum absolute atomic E-state index is 0.182. The summed E-state index contributed by atoms with van der Waals surface area (Å²) in [5.41, 5.74) is 0. The summed E-state index contributed by atoms with van der Waals surface area (Å²) in [6.45, 7) is 1.20. The molecule has 1 aliphatic rings. The van der Waals surface area contributed by atoms with Crippen molar-refractivity contribution in [2.45, 2.75) is 25.3 Å². The lowest BCUT2D eigenvalue weighted by Gasteiger charge is -2.16. The monoisotopic (exact) mass is 222 g/mol. The Morgan fingerprint density at radius 3 is 3.06 bits per heavy atom. The Hall–Kier alpha value is -1.29. The largest absolute Gasteiger partial charge is 0.469 e. The molecule has 0 aliphatic heterocycles. The lowest BCUT2D eigenvalue weighted by molar-refractivity contribution is -0.129. The average molecular weight is 222 g/mol. The SMILES string of the molecule is CN(C(=O)CNCCc1ccco1)C1CC1. The van der Waals surface area contributed by atoms with E-state index >= 15 is 0 Å². The molecular formula is C12H18N2O2. The van der Waals surface area contributed by atoms with Gasteiger partial charge in [0, 0.05) is 26.1 Å². The lowest BCUT2D eigenvalue weighted by atomic mass is 10.3. The maximum Gasteiger partial charge on any atom is 0.236 e. The van der Waals surface area contributed by atoms with Crippen molar-refractivity contribution in [3.63, 3.8) is 0 Å². The van der Waals surface area contributed by atoms with Gasteiger partial charge >= 0.3 is 0 Å². The molecule has 1 amide bonds. The molecule has 0 aromatic carbocycles. The van der Waals surface area contributed by atoms with Crippen LogP contribution in [0.15, 0.2) is 22.8 Å². The third-order valence-corrected chi connectivity index (χ3v) is 2.89. The van der Waals surface area contributed by atoms with Crippen LogP contribution in [0.2, 0.25) is 0 Å². The van der Waals surface area contributed by atoms with E-state index < -0.39 is 0 Å². The van der Waals surface area contributed by atoms with Gasteiger partial charge in [0.05, 0.1) is 12.8 Å². The summed E-state index contributed by atoms with van der Waals surface area (Å²) in [7, 11) is 1.88. The molecule has 0 spiro atoms. The zero-order chi connectivity index (χ0) is 11.4. The second-order valence-corrected chi connectivity index (χ2v) is 4.24. The first-order chi connectivity index (χ1) is 7.77. The van der Waals surface area contributed by atoms with Crippen LogP contribution in [0, 0.1) is 0 Å². The lowest BCUT2D eigenvalue weighted by Crippen LogP contribution is -2.37.